The van der Waals surface area contributed by atoms with E-state index in [1.54, 1.807) is 0 Å². The summed E-state index contributed by atoms with van der Waals surface area (Å²) in [6, 6.07) is 7.49. The van der Waals surface area contributed by atoms with Crippen molar-refractivity contribution in [2.75, 3.05) is 13.2 Å². The van der Waals surface area contributed by atoms with Crippen molar-refractivity contribution in [1.82, 2.24) is 15.5 Å². The van der Waals surface area contributed by atoms with Crippen molar-refractivity contribution in [3.63, 3.8) is 0 Å². The number of rotatable bonds is 8. The first-order valence-electron chi connectivity index (χ1n) is 10.7. The molecule has 0 bridgehead atoms. The van der Waals surface area contributed by atoms with Crippen molar-refractivity contribution in [2.45, 2.75) is 65.3 Å². The summed E-state index contributed by atoms with van der Waals surface area (Å²) in [7, 11) is 0. The number of nitrogens with zero attached hydrogens (tertiary/aromatic N) is 2. The van der Waals surface area contributed by atoms with Gasteiger partial charge >= 0.3 is 0 Å². The van der Waals surface area contributed by atoms with Crippen LogP contribution in [-0.2, 0) is 11.2 Å². The van der Waals surface area contributed by atoms with Crippen molar-refractivity contribution in [3.05, 3.63) is 30.2 Å². The number of nitrogens with one attached hydrogen (secondary N) is 1. The van der Waals surface area contributed by atoms with Gasteiger partial charge in [-0.3, -0.25) is 4.79 Å². The predicted octanol–water partition coefficient (Wildman–Crippen LogP) is 3.76. The van der Waals surface area contributed by atoms with Gasteiger partial charge in [-0.1, -0.05) is 25.9 Å². The van der Waals surface area contributed by atoms with E-state index in [9.17, 15) is 9.90 Å². The molecule has 2 unspecified atom stereocenters. The minimum Gasteiger partial charge on any atom is -0.494 e. The second-order valence-corrected chi connectivity index (χ2v) is 9.31. The second kappa shape index (κ2) is 9.16. The van der Waals surface area contributed by atoms with E-state index in [4.69, 9.17) is 9.26 Å². The Balaban J connectivity index is 1.57. The second-order valence-electron chi connectivity index (χ2n) is 9.31. The van der Waals surface area contributed by atoms with Crippen LogP contribution < -0.4 is 10.1 Å². The number of carbonyl (C=O) groups excluding carboxylic acids is 1. The highest BCUT2D eigenvalue weighted by Crippen LogP contribution is 2.43. The fourth-order valence-electron chi connectivity index (χ4n) is 4.92. The van der Waals surface area contributed by atoms with E-state index >= 15 is 0 Å². The van der Waals surface area contributed by atoms with Gasteiger partial charge in [-0.15, -0.1) is 0 Å². The highest BCUT2D eigenvalue weighted by atomic mass is 16.5. The van der Waals surface area contributed by atoms with Crippen molar-refractivity contribution in [3.8, 4) is 17.1 Å². The van der Waals surface area contributed by atoms with Crippen LogP contribution >= 0.6 is 0 Å². The molecule has 1 aliphatic carbocycles. The van der Waals surface area contributed by atoms with E-state index in [1.807, 2.05) is 31.2 Å². The number of ether oxygens (including phenoxy) is 1. The van der Waals surface area contributed by atoms with Gasteiger partial charge in [0.15, 0.2) is 0 Å². The Labute approximate surface area is 178 Å². The molecule has 2 atom stereocenters. The first-order chi connectivity index (χ1) is 14.2. The molecular weight excluding hydrogens is 382 g/mol. The third kappa shape index (κ3) is 5.59. The maximum Gasteiger partial charge on any atom is 0.227 e. The third-order valence-corrected chi connectivity index (χ3v) is 5.62. The molecular formula is C23H33N3O4. The zero-order valence-corrected chi connectivity index (χ0v) is 18.4. The van der Waals surface area contributed by atoms with Crippen LogP contribution in [0.15, 0.2) is 28.8 Å². The van der Waals surface area contributed by atoms with E-state index in [-0.39, 0.29) is 24.3 Å². The van der Waals surface area contributed by atoms with Gasteiger partial charge in [-0.05, 0) is 61.8 Å². The number of hydrogen-bond acceptors (Lipinski definition) is 6. The summed E-state index contributed by atoms with van der Waals surface area (Å²) in [5.74, 6) is 2.05. The molecule has 3 rings (SSSR count). The summed E-state index contributed by atoms with van der Waals surface area (Å²) in [6.07, 6.45) is 3.26. The van der Waals surface area contributed by atoms with Crippen molar-refractivity contribution in [2.24, 2.45) is 11.3 Å². The Hall–Kier alpha value is -2.41. The molecule has 0 radical (unpaired) electrons. The molecule has 1 saturated carbocycles. The Bertz CT molecular complexity index is 846. The monoisotopic (exact) mass is 415 g/mol. The molecule has 1 fully saturated rings. The van der Waals surface area contributed by atoms with Gasteiger partial charge in [0.2, 0.25) is 17.6 Å². The van der Waals surface area contributed by atoms with E-state index < -0.39 is 5.54 Å². The molecule has 7 heteroatoms. The summed E-state index contributed by atoms with van der Waals surface area (Å²) >= 11 is 0. The number of carbonyl (C=O) groups is 1. The zero-order valence-electron chi connectivity index (χ0n) is 18.4. The van der Waals surface area contributed by atoms with Crippen molar-refractivity contribution >= 4 is 5.91 Å². The van der Waals surface area contributed by atoms with Crippen LogP contribution in [0.2, 0.25) is 0 Å². The minimum absolute atomic E-state index is 0.0467. The van der Waals surface area contributed by atoms with Crippen molar-refractivity contribution < 1.29 is 19.2 Å². The number of benzene rings is 1. The standard InChI is InChI=1S/C23H33N3O4/c1-5-29-18-8-6-17(7-9-18)21-24-20(30-26-21)11-10-19(28)25-23(15-27)13-16(2)12-22(3,4)14-23/h6-9,16,27H,5,10-15H2,1-4H3,(H,25,28). The molecule has 1 aliphatic rings. The van der Waals surface area contributed by atoms with Crippen molar-refractivity contribution in [1.29, 1.82) is 0 Å². The summed E-state index contributed by atoms with van der Waals surface area (Å²) < 4.78 is 10.8. The van der Waals surface area contributed by atoms with Gasteiger partial charge in [0, 0.05) is 18.4 Å². The fraction of sp³-hybridized carbons (Fsp3) is 0.609. The smallest absolute Gasteiger partial charge is 0.227 e. The van der Waals surface area contributed by atoms with Gasteiger partial charge in [0.05, 0.1) is 18.8 Å². The lowest BCUT2D eigenvalue weighted by atomic mass is 9.64. The number of aliphatic hydroxyl groups excluding tert-OH is 1. The SMILES string of the molecule is CCOc1ccc(-c2noc(CCC(=O)NC3(CO)CC(C)CC(C)(C)C3)n2)cc1. The average Bonchev–Trinajstić information content (AvgIpc) is 3.15. The molecule has 30 heavy (non-hydrogen) atoms. The van der Waals surface area contributed by atoms with Crippen LogP contribution in [0.25, 0.3) is 11.4 Å². The molecule has 164 valence electrons. The van der Waals surface area contributed by atoms with Crippen LogP contribution in [0.4, 0.5) is 0 Å². The maximum atomic E-state index is 12.6. The summed E-state index contributed by atoms with van der Waals surface area (Å²) in [4.78, 5) is 17.0. The largest absolute Gasteiger partial charge is 0.494 e. The predicted molar refractivity (Wildman–Crippen MR) is 114 cm³/mol. The van der Waals surface area contributed by atoms with E-state index in [2.05, 4.69) is 36.2 Å². The van der Waals surface area contributed by atoms with Crippen LogP contribution in [0, 0.1) is 11.3 Å². The van der Waals surface area contributed by atoms with Gasteiger partial charge in [-0.2, -0.15) is 4.98 Å². The van der Waals surface area contributed by atoms with E-state index in [1.165, 1.54) is 0 Å². The molecule has 1 amide bonds. The third-order valence-electron chi connectivity index (χ3n) is 5.62. The number of aryl methyl sites for hydroxylation is 1. The van der Waals surface area contributed by atoms with Gasteiger partial charge in [0.25, 0.3) is 0 Å². The molecule has 0 saturated heterocycles. The molecule has 7 nitrogen and oxygen atoms in total. The normalized spacial score (nSPS) is 23.2. The molecule has 2 aromatic rings. The lowest BCUT2D eigenvalue weighted by Crippen LogP contribution is -2.57. The lowest BCUT2D eigenvalue weighted by Gasteiger charge is -2.47. The van der Waals surface area contributed by atoms with Crippen LogP contribution in [0.5, 0.6) is 5.75 Å². The van der Waals surface area contributed by atoms with Gasteiger partial charge in [0.1, 0.15) is 5.75 Å². The Morgan fingerprint density at radius 3 is 2.67 bits per heavy atom. The molecule has 1 aromatic carbocycles. The van der Waals surface area contributed by atoms with E-state index in [0.29, 0.717) is 30.7 Å². The highest BCUT2D eigenvalue weighted by Gasteiger charge is 2.43. The fourth-order valence-corrected chi connectivity index (χ4v) is 4.92. The first-order valence-corrected chi connectivity index (χ1v) is 10.7. The van der Waals surface area contributed by atoms with Gasteiger partial charge in [-0.25, -0.2) is 0 Å². The molecule has 0 spiro atoms. The quantitative estimate of drug-likeness (QED) is 0.681. The van der Waals surface area contributed by atoms with Crippen LogP contribution in [-0.4, -0.2) is 39.9 Å². The molecule has 1 heterocycles. The number of aliphatic hydroxyl groups is 1. The average molecular weight is 416 g/mol. The molecule has 0 aliphatic heterocycles. The van der Waals surface area contributed by atoms with Crippen LogP contribution in [0.3, 0.4) is 0 Å². The van der Waals surface area contributed by atoms with Crippen LogP contribution in [0.1, 0.15) is 59.3 Å². The molecule has 1 aromatic heterocycles. The molecule has 2 N–H and O–H groups in total. The number of amides is 1. The minimum atomic E-state index is -0.555. The first kappa shape index (κ1) is 22.3. The maximum absolute atomic E-state index is 12.6. The Kier molecular flexibility index (Phi) is 6.81. The summed E-state index contributed by atoms with van der Waals surface area (Å²) in [6.45, 7) is 9.07. The Morgan fingerprint density at radius 1 is 1.30 bits per heavy atom. The Morgan fingerprint density at radius 2 is 2.03 bits per heavy atom. The van der Waals surface area contributed by atoms with E-state index in [0.717, 1.165) is 30.6 Å². The topological polar surface area (TPSA) is 97.5 Å². The van der Waals surface area contributed by atoms with Gasteiger partial charge < -0.3 is 19.7 Å². The zero-order chi connectivity index (χ0) is 21.8. The summed E-state index contributed by atoms with van der Waals surface area (Å²) in [5, 5.41) is 17.2. The number of aromatic nitrogens is 2. The summed E-state index contributed by atoms with van der Waals surface area (Å²) in [5.41, 5.74) is 0.364. The lowest BCUT2D eigenvalue weighted by molar-refractivity contribution is -0.125. The number of hydrogen-bond donors (Lipinski definition) is 2. The highest BCUT2D eigenvalue weighted by molar-refractivity contribution is 5.77.